The van der Waals surface area contributed by atoms with Crippen LogP contribution < -0.4 is 4.57 Å². The van der Waals surface area contributed by atoms with Crippen LogP contribution >= 0.6 is 11.3 Å². The highest BCUT2D eigenvalue weighted by Gasteiger charge is 2.41. The molecule has 7 aromatic carbocycles. The minimum absolute atomic E-state index is 0.0379. The van der Waals surface area contributed by atoms with Gasteiger partial charge in [-0.05, 0) is 132 Å². The van der Waals surface area contributed by atoms with Gasteiger partial charge in [0.05, 0.1) is 23.2 Å². The van der Waals surface area contributed by atoms with Gasteiger partial charge >= 0.3 is 0 Å². The second kappa shape index (κ2) is 18.1. The lowest BCUT2D eigenvalue weighted by Crippen LogP contribution is -2.42. The third-order valence-electron chi connectivity index (χ3n) is 14.5. The van der Waals surface area contributed by atoms with Gasteiger partial charge in [-0.3, -0.25) is 0 Å². The van der Waals surface area contributed by atoms with E-state index < -0.39 is 8.41 Å². The number of imidazole rings is 1. The van der Waals surface area contributed by atoms with E-state index in [0.29, 0.717) is 12.6 Å². The summed E-state index contributed by atoms with van der Waals surface area (Å²) in [5.74, 6) is 0.978. The van der Waals surface area contributed by atoms with Gasteiger partial charge in [-0.15, -0.1) is 11.3 Å². The lowest BCUT2D eigenvalue weighted by molar-refractivity contribution is -0.633. The van der Waals surface area contributed by atoms with Crippen molar-refractivity contribution in [1.82, 2.24) is 4.57 Å². The summed E-state index contributed by atoms with van der Waals surface area (Å²) in [6, 6.07) is 51.8. The Morgan fingerprint density at radius 2 is 1.49 bits per heavy atom. The monoisotopic (exact) mass is 945 g/mol. The highest BCUT2D eigenvalue weighted by atomic mass is 32.1. The fourth-order valence-corrected chi connectivity index (χ4v) is 13.1. The zero-order chi connectivity index (χ0) is 48.4. The van der Waals surface area contributed by atoms with Crippen molar-refractivity contribution in [3.8, 4) is 39.3 Å². The number of thiophene rings is 1. The smallest absolute Gasteiger partial charge is 0.296 e. The molecule has 2 atom stereocenters. The highest BCUT2D eigenvalue weighted by molar-refractivity contribution is 7.26. The molecule has 0 bridgehead atoms. The Morgan fingerprint density at radius 3 is 2.22 bits per heavy atom. The molecular weight excluding hydrogens is 885 g/mol. The van der Waals surface area contributed by atoms with Crippen LogP contribution in [0.25, 0.3) is 70.5 Å². The molecule has 2 unspecified atom stereocenters. The summed E-state index contributed by atoms with van der Waals surface area (Å²) in [6.07, 6.45) is 5.68. The minimum Gasteiger partial charge on any atom is -0.314 e. The first-order valence-corrected chi connectivity index (χ1v) is 28.2. The third kappa shape index (κ3) is 8.44. The number of rotatable bonds is 12. The number of aryl methyl sites for hydroxylation is 3. The van der Waals surface area contributed by atoms with Crippen LogP contribution in [-0.2, 0) is 18.9 Å². The van der Waals surface area contributed by atoms with Crippen LogP contribution in [0.5, 0.6) is 0 Å². The zero-order valence-electron chi connectivity index (χ0n) is 40.9. The summed E-state index contributed by atoms with van der Waals surface area (Å²) in [5, 5.41) is 2.47. The topological polar surface area (TPSA) is 11.8 Å². The molecule has 0 radical (unpaired) electrons. The van der Waals surface area contributed by atoms with E-state index in [1.165, 1.54) is 76.8 Å². The Kier molecular flexibility index (Phi) is 12.1. The molecule has 0 saturated heterocycles. The predicted octanol–water partition coefficient (Wildman–Crippen LogP) is 16.0. The van der Waals surface area contributed by atoms with Crippen LogP contribution in [-0.4, -0.2) is 35.8 Å². The van der Waals surface area contributed by atoms with E-state index in [2.05, 4.69) is 189 Å². The Balaban J connectivity index is 1.24. The lowest BCUT2D eigenvalue weighted by Gasteiger charge is -2.31. The van der Waals surface area contributed by atoms with Crippen molar-refractivity contribution < 1.29 is 17.6 Å². The summed E-state index contributed by atoms with van der Waals surface area (Å²) < 4.78 is 39.3. The van der Waals surface area contributed by atoms with Crippen LogP contribution in [0.1, 0.15) is 60.9 Å². The van der Waals surface area contributed by atoms with Crippen molar-refractivity contribution in [3.63, 3.8) is 0 Å². The molecule has 346 valence electrons. The number of aromatic nitrogens is 2. The second-order valence-electron chi connectivity index (χ2n) is 20.5. The predicted molar refractivity (Wildman–Crippen MR) is 291 cm³/mol. The molecule has 0 spiro atoms. The molecule has 0 aliphatic carbocycles. The molecule has 0 amide bonds. The number of hydrogen-bond acceptors (Lipinski definition) is 1. The van der Waals surface area contributed by atoms with E-state index in [1.807, 2.05) is 29.5 Å². The van der Waals surface area contributed by atoms with Crippen molar-refractivity contribution in [2.45, 2.75) is 77.0 Å². The maximum atomic E-state index is 15.4. The second-order valence-corrected chi connectivity index (χ2v) is 25.5. The largest absolute Gasteiger partial charge is 0.314 e. The number of halogens is 2. The van der Waals surface area contributed by atoms with Gasteiger partial charge in [0.15, 0.2) is 17.1 Å². The van der Waals surface area contributed by atoms with Gasteiger partial charge in [0, 0.05) is 38.7 Å². The first-order chi connectivity index (χ1) is 33.1. The van der Waals surface area contributed by atoms with Gasteiger partial charge in [-0.2, -0.15) is 4.57 Å². The maximum absolute atomic E-state index is 15.4. The quantitative estimate of drug-likeness (QED) is 0.0501. The molecule has 2 aromatic heterocycles. The standard InChI is InChI=1S/C62H61F2N3SSi/c1-10-52-48-22-16-15-21-47(48)49(53(11-2)66(52)35-36-69(8,9)64)32-28-44-37-40(3)58-50-33-27-43(41-25-30-46(63)31-26-41)38-57(50)68-60(58)59(44)61-65(7)55-23-17-18-24-56(55)67(61)54-34-29-45(62(4,5)6)39-51(54)42-19-13-12-14-20-42/h10-27,29-31,33-34,37-39,49,53H,1-2,28,32,35-36H2,3-9H3/q+2. The van der Waals surface area contributed by atoms with Crippen LogP contribution in [0, 0.1) is 12.7 Å². The Bertz CT molecular complexity index is 3490. The summed E-state index contributed by atoms with van der Waals surface area (Å²) >= 11 is 1.85. The van der Waals surface area contributed by atoms with Crippen molar-refractivity contribution in [1.29, 1.82) is 0 Å². The first-order valence-electron chi connectivity index (χ1n) is 24.3. The summed E-state index contributed by atoms with van der Waals surface area (Å²) in [4.78, 5) is 0. The average Bonchev–Trinajstić information content (AvgIpc) is 3.87. The molecule has 3 heterocycles. The molecule has 1 aliphatic rings. The van der Waals surface area contributed by atoms with Gasteiger partial charge in [0.2, 0.25) is 14.1 Å². The third-order valence-corrected chi connectivity index (χ3v) is 17.0. The molecule has 0 fully saturated rings. The first kappa shape index (κ1) is 46.2. The Hall–Kier alpha value is -6.54. The number of benzene rings is 7. The molecule has 10 rings (SSSR count). The van der Waals surface area contributed by atoms with Crippen molar-refractivity contribution >= 4 is 56.7 Å². The van der Waals surface area contributed by atoms with E-state index in [9.17, 15) is 4.39 Å². The number of nitrogens with zero attached hydrogens (tertiary/aromatic N) is 3. The van der Waals surface area contributed by atoms with Crippen LogP contribution in [0.4, 0.5) is 8.50 Å². The van der Waals surface area contributed by atoms with Gasteiger partial charge in [-0.25, -0.2) is 13.5 Å². The number of hydrogen-bond donors (Lipinski definition) is 0. The SMILES string of the molecule is C=CC1=[N+](CC[Si](C)(C)F)C(C=C)C(CCc2cc(C)c3c(sc4cc(-c5ccc(F)cc5)ccc43)c2-c2n(-c3ccc(C(C)(C)C)cc3-c3ccccc3)c3ccccc3[n+]2C)c2ccccc21. The zero-order valence-corrected chi connectivity index (χ0v) is 42.7. The van der Waals surface area contributed by atoms with E-state index in [1.54, 1.807) is 13.1 Å². The van der Waals surface area contributed by atoms with Crippen LogP contribution in [0.2, 0.25) is 19.1 Å². The molecule has 9 aromatic rings. The fourth-order valence-electron chi connectivity index (χ4n) is 10.9. The Labute approximate surface area is 411 Å². The molecule has 0 N–H and O–H groups in total. The van der Waals surface area contributed by atoms with Crippen LogP contribution in [0.15, 0.2) is 171 Å². The summed E-state index contributed by atoms with van der Waals surface area (Å²) in [6.45, 7) is 22.1. The summed E-state index contributed by atoms with van der Waals surface area (Å²) in [7, 11) is -0.639. The van der Waals surface area contributed by atoms with Crippen molar-refractivity contribution in [3.05, 3.63) is 205 Å². The van der Waals surface area contributed by atoms with E-state index in [0.717, 1.165) is 52.2 Å². The number of para-hydroxylation sites is 2. The maximum Gasteiger partial charge on any atom is 0.296 e. The fraction of sp³-hybridized carbons (Fsp3) is 0.226. The molecule has 7 heteroatoms. The van der Waals surface area contributed by atoms with E-state index in [4.69, 9.17) is 0 Å². The molecule has 0 saturated carbocycles. The van der Waals surface area contributed by atoms with E-state index in [-0.39, 0.29) is 23.2 Å². The molecular formula is C62H61F2N3SSi+2. The average molecular weight is 946 g/mol. The number of fused-ring (bicyclic) bond motifs is 5. The molecule has 3 nitrogen and oxygen atoms in total. The normalized spacial score (nSPS) is 15.3. The lowest BCUT2D eigenvalue weighted by atomic mass is 9.79. The summed E-state index contributed by atoms with van der Waals surface area (Å²) in [5.41, 5.74) is 16.2. The molecule has 1 aliphatic heterocycles. The minimum atomic E-state index is -2.86. The van der Waals surface area contributed by atoms with Gasteiger partial charge in [-0.1, -0.05) is 131 Å². The van der Waals surface area contributed by atoms with E-state index >= 15 is 4.11 Å². The van der Waals surface area contributed by atoms with Crippen molar-refractivity contribution in [2.75, 3.05) is 6.54 Å². The van der Waals surface area contributed by atoms with Gasteiger partial charge < -0.3 is 4.11 Å². The van der Waals surface area contributed by atoms with Gasteiger partial charge in [0.1, 0.15) is 18.0 Å². The van der Waals surface area contributed by atoms with Crippen LogP contribution in [0.3, 0.4) is 0 Å². The molecule has 69 heavy (non-hydrogen) atoms. The highest BCUT2D eigenvalue weighted by Crippen LogP contribution is 2.47. The van der Waals surface area contributed by atoms with Gasteiger partial charge in [0.25, 0.3) is 5.82 Å². The Morgan fingerprint density at radius 1 is 0.783 bits per heavy atom. The van der Waals surface area contributed by atoms with Crippen molar-refractivity contribution in [2.24, 2.45) is 7.05 Å². The number of allylic oxidation sites excluding steroid dienone is 1.